The minimum Gasteiger partial charge on any atom is -0.485 e. The Morgan fingerprint density at radius 2 is 2.54 bits per heavy atom. The van der Waals surface area contributed by atoms with E-state index in [1.165, 1.54) is 7.11 Å². The molecule has 6 heteroatoms. The maximum atomic E-state index is 11.1. The number of H-pyrrole nitrogens is 1. The number of fused-ring (bicyclic) bond motifs is 1. The normalized spacial score (nSPS) is 13.9. The van der Waals surface area contributed by atoms with Crippen molar-refractivity contribution in [2.45, 2.75) is 0 Å². The number of aromatic amines is 1. The van der Waals surface area contributed by atoms with Crippen LogP contribution in [0.1, 0.15) is 10.5 Å². The number of methoxy groups -OCH3 is 1. The lowest BCUT2D eigenvalue weighted by Crippen LogP contribution is -2.18. The highest BCUT2D eigenvalue weighted by Gasteiger charge is 2.23. The minimum absolute atomic E-state index is 0.254. The van der Waals surface area contributed by atoms with E-state index in [-0.39, 0.29) is 5.69 Å². The Hall–Kier alpha value is -1.72. The molecule has 0 radical (unpaired) electrons. The number of aromatic nitrogens is 2. The summed E-state index contributed by atoms with van der Waals surface area (Å²) in [5, 5.41) is 9.41. The van der Waals surface area contributed by atoms with E-state index in [0.29, 0.717) is 24.7 Å². The molecule has 0 fully saturated rings. The van der Waals surface area contributed by atoms with Gasteiger partial charge in [0, 0.05) is 0 Å². The summed E-state index contributed by atoms with van der Waals surface area (Å²) in [5.74, 6) is 0.530. The number of hydrogen-bond acceptors (Lipinski definition) is 5. The lowest BCUT2D eigenvalue weighted by Gasteiger charge is -2.13. The summed E-state index contributed by atoms with van der Waals surface area (Å²) in [5.41, 5.74) is 0.254. The first-order valence-electron chi connectivity index (χ1n) is 3.86. The maximum Gasteiger partial charge on any atom is 0.360 e. The molecule has 2 rings (SSSR count). The van der Waals surface area contributed by atoms with E-state index in [9.17, 15) is 4.79 Å². The number of ether oxygens (including phenoxy) is 2. The summed E-state index contributed by atoms with van der Waals surface area (Å²) in [6.07, 6.45) is 0. The number of nitrogens with one attached hydrogen (secondary N) is 2. The zero-order chi connectivity index (χ0) is 9.26. The number of carbonyl (C=O) groups is 1. The quantitative estimate of drug-likeness (QED) is 0.599. The number of hydrogen-bond donors (Lipinski definition) is 2. The zero-order valence-electron chi connectivity index (χ0n) is 7.09. The van der Waals surface area contributed by atoms with Crippen LogP contribution in [-0.2, 0) is 4.74 Å². The third-order valence-electron chi connectivity index (χ3n) is 1.75. The van der Waals surface area contributed by atoms with E-state index < -0.39 is 5.97 Å². The predicted octanol–water partition coefficient (Wildman–Crippen LogP) is 0.000600. The third kappa shape index (κ3) is 1.20. The second-order valence-corrected chi connectivity index (χ2v) is 2.54. The summed E-state index contributed by atoms with van der Waals surface area (Å²) in [6, 6.07) is 0. The molecule has 0 unspecified atom stereocenters. The molecule has 0 saturated carbocycles. The van der Waals surface area contributed by atoms with Crippen molar-refractivity contribution in [3.63, 3.8) is 0 Å². The molecule has 0 aromatic carbocycles. The molecule has 0 saturated heterocycles. The van der Waals surface area contributed by atoms with Crippen LogP contribution in [0.15, 0.2) is 0 Å². The molecular weight excluding hydrogens is 174 g/mol. The summed E-state index contributed by atoms with van der Waals surface area (Å²) in [4.78, 5) is 11.1. The predicted molar refractivity (Wildman–Crippen MR) is 43.9 cm³/mol. The van der Waals surface area contributed by atoms with Gasteiger partial charge in [0.2, 0.25) is 0 Å². The van der Waals surface area contributed by atoms with E-state index >= 15 is 0 Å². The van der Waals surface area contributed by atoms with Gasteiger partial charge in [-0.3, -0.25) is 5.10 Å². The maximum absolute atomic E-state index is 11.1. The van der Waals surface area contributed by atoms with Crippen LogP contribution in [0.5, 0.6) is 5.75 Å². The van der Waals surface area contributed by atoms with Crippen LogP contribution in [0.25, 0.3) is 0 Å². The Kier molecular flexibility index (Phi) is 1.80. The smallest absolute Gasteiger partial charge is 0.360 e. The van der Waals surface area contributed by atoms with E-state index in [0.717, 1.165) is 0 Å². The van der Waals surface area contributed by atoms with Crippen molar-refractivity contribution in [1.82, 2.24) is 10.2 Å². The minimum atomic E-state index is -0.475. The van der Waals surface area contributed by atoms with Gasteiger partial charge < -0.3 is 14.8 Å². The van der Waals surface area contributed by atoms with E-state index in [2.05, 4.69) is 20.3 Å². The Labute approximate surface area is 74.2 Å². The second kappa shape index (κ2) is 2.96. The molecule has 1 aromatic rings. The summed E-state index contributed by atoms with van der Waals surface area (Å²) >= 11 is 0. The Morgan fingerprint density at radius 3 is 3.31 bits per heavy atom. The van der Waals surface area contributed by atoms with Crippen molar-refractivity contribution in [3.8, 4) is 5.75 Å². The second-order valence-electron chi connectivity index (χ2n) is 2.54. The summed E-state index contributed by atoms with van der Waals surface area (Å²) < 4.78 is 9.80. The van der Waals surface area contributed by atoms with Gasteiger partial charge in [-0.1, -0.05) is 0 Å². The van der Waals surface area contributed by atoms with Crippen molar-refractivity contribution in [2.24, 2.45) is 0 Å². The monoisotopic (exact) mass is 183 g/mol. The van der Waals surface area contributed by atoms with Gasteiger partial charge in [-0.05, 0) is 0 Å². The molecule has 1 aliphatic heterocycles. The standard InChI is InChI=1S/C7H9N3O3/c1-12-7(11)4-5-6(10-9-4)8-2-3-13-5/h2-3H2,1H3,(H2,8,9,10). The SMILES string of the molecule is COC(=O)c1[nH]nc2c1OCCN2. The lowest BCUT2D eigenvalue weighted by molar-refractivity contribution is 0.0589. The van der Waals surface area contributed by atoms with E-state index in [4.69, 9.17) is 4.74 Å². The molecule has 70 valence electrons. The van der Waals surface area contributed by atoms with Crippen LogP contribution >= 0.6 is 0 Å². The highest BCUT2D eigenvalue weighted by molar-refractivity contribution is 5.92. The fourth-order valence-corrected chi connectivity index (χ4v) is 1.16. The molecule has 0 bridgehead atoms. The van der Waals surface area contributed by atoms with Gasteiger partial charge in [0.25, 0.3) is 0 Å². The van der Waals surface area contributed by atoms with Gasteiger partial charge in [-0.2, -0.15) is 5.10 Å². The number of nitrogens with zero attached hydrogens (tertiary/aromatic N) is 1. The van der Waals surface area contributed by atoms with Crippen molar-refractivity contribution in [1.29, 1.82) is 0 Å². The van der Waals surface area contributed by atoms with Crippen LogP contribution in [0, 0.1) is 0 Å². The zero-order valence-corrected chi connectivity index (χ0v) is 7.09. The van der Waals surface area contributed by atoms with Crippen LogP contribution in [-0.4, -0.2) is 36.4 Å². The fraction of sp³-hybridized carbons (Fsp3) is 0.429. The van der Waals surface area contributed by atoms with Gasteiger partial charge in [0.1, 0.15) is 6.61 Å². The fourth-order valence-electron chi connectivity index (χ4n) is 1.16. The van der Waals surface area contributed by atoms with Crippen LogP contribution in [0.3, 0.4) is 0 Å². The first-order valence-corrected chi connectivity index (χ1v) is 3.86. The first-order chi connectivity index (χ1) is 6.33. The average molecular weight is 183 g/mol. The Balaban J connectivity index is 2.36. The molecule has 0 amide bonds. The molecule has 2 N–H and O–H groups in total. The number of rotatable bonds is 1. The van der Waals surface area contributed by atoms with Crippen molar-refractivity contribution in [2.75, 3.05) is 25.6 Å². The molecule has 0 atom stereocenters. The van der Waals surface area contributed by atoms with Gasteiger partial charge in [-0.25, -0.2) is 4.79 Å². The van der Waals surface area contributed by atoms with Crippen molar-refractivity contribution < 1.29 is 14.3 Å². The molecule has 2 heterocycles. The summed E-state index contributed by atoms with van der Waals surface area (Å²) in [6.45, 7) is 1.22. The highest BCUT2D eigenvalue weighted by Crippen LogP contribution is 2.28. The topological polar surface area (TPSA) is 76.2 Å². The molecule has 1 aliphatic rings. The van der Waals surface area contributed by atoms with Crippen LogP contribution < -0.4 is 10.1 Å². The van der Waals surface area contributed by atoms with Gasteiger partial charge >= 0.3 is 5.97 Å². The molecule has 0 aliphatic carbocycles. The Morgan fingerprint density at radius 1 is 1.69 bits per heavy atom. The van der Waals surface area contributed by atoms with Crippen molar-refractivity contribution >= 4 is 11.8 Å². The van der Waals surface area contributed by atoms with Gasteiger partial charge in [0.05, 0.1) is 13.7 Å². The van der Waals surface area contributed by atoms with E-state index in [1.54, 1.807) is 0 Å². The number of anilines is 1. The molecule has 6 nitrogen and oxygen atoms in total. The first kappa shape index (κ1) is 7.90. The molecule has 0 spiro atoms. The third-order valence-corrected chi connectivity index (χ3v) is 1.75. The lowest BCUT2D eigenvalue weighted by atomic mass is 10.3. The van der Waals surface area contributed by atoms with Crippen molar-refractivity contribution in [3.05, 3.63) is 5.69 Å². The van der Waals surface area contributed by atoms with E-state index in [1.807, 2.05) is 0 Å². The molecular formula is C7H9N3O3. The number of carbonyl (C=O) groups excluding carboxylic acids is 1. The van der Waals surface area contributed by atoms with Gasteiger partial charge in [-0.15, -0.1) is 0 Å². The summed E-state index contributed by atoms with van der Waals surface area (Å²) in [7, 11) is 1.31. The highest BCUT2D eigenvalue weighted by atomic mass is 16.5. The average Bonchev–Trinajstić information content (AvgIpc) is 2.60. The largest absolute Gasteiger partial charge is 0.485 e. The molecule has 1 aromatic heterocycles. The Bertz CT molecular complexity index is 334. The van der Waals surface area contributed by atoms with Crippen LogP contribution in [0.4, 0.5) is 5.82 Å². The van der Waals surface area contributed by atoms with Gasteiger partial charge in [0.15, 0.2) is 17.3 Å². The van der Waals surface area contributed by atoms with Crippen LogP contribution in [0.2, 0.25) is 0 Å². The number of esters is 1. The molecule has 13 heavy (non-hydrogen) atoms.